The minimum absolute atomic E-state index is 0.280. The molecule has 1 aliphatic heterocycles. The number of hydrogen-bond donors (Lipinski definition) is 3. The molecule has 180 valence electrons. The molecule has 0 aliphatic carbocycles. The number of ether oxygens (including phenoxy) is 1. The fraction of sp³-hybridized carbons (Fsp3) is 0.346. The molecular formula is C26H32N4O4. The molecule has 1 atom stereocenters. The van der Waals surface area contributed by atoms with Crippen molar-refractivity contribution in [1.29, 1.82) is 0 Å². The average molecular weight is 465 g/mol. The summed E-state index contributed by atoms with van der Waals surface area (Å²) in [5.74, 6) is -0.0999. The smallest absolute Gasteiger partial charge is 0.337 e. The van der Waals surface area contributed by atoms with Crippen LogP contribution in [0.5, 0.6) is 0 Å². The molecule has 2 aromatic rings. The third-order valence-corrected chi connectivity index (χ3v) is 5.76. The predicted molar refractivity (Wildman–Crippen MR) is 133 cm³/mol. The maximum Gasteiger partial charge on any atom is 0.337 e. The van der Waals surface area contributed by atoms with E-state index in [1.807, 2.05) is 31.2 Å². The molecule has 8 heteroatoms. The second-order valence-electron chi connectivity index (χ2n) is 8.51. The topological polar surface area (TPSA) is 99.8 Å². The van der Waals surface area contributed by atoms with Crippen LogP contribution in [0.15, 0.2) is 59.8 Å². The van der Waals surface area contributed by atoms with E-state index in [9.17, 15) is 14.4 Å². The zero-order valence-electron chi connectivity index (χ0n) is 20.3. The number of nitrogens with one attached hydrogen (secondary N) is 3. The van der Waals surface area contributed by atoms with E-state index >= 15 is 0 Å². The van der Waals surface area contributed by atoms with Gasteiger partial charge in [0.25, 0.3) is 0 Å². The first kappa shape index (κ1) is 24.8. The fourth-order valence-corrected chi connectivity index (χ4v) is 3.94. The predicted octanol–water partition coefficient (Wildman–Crippen LogP) is 5.38. The highest BCUT2D eigenvalue weighted by Crippen LogP contribution is 2.32. The van der Waals surface area contributed by atoms with Gasteiger partial charge in [-0.25, -0.2) is 14.4 Å². The van der Waals surface area contributed by atoms with Gasteiger partial charge in [-0.2, -0.15) is 0 Å². The number of allylic oxidation sites excluding steroid dienone is 1. The molecule has 1 unspecified atom stereocenters. The number of carbonyl (C=O) groups excluding carboxylic acids is 3. The lowest BCUT2D eigenvalue weighted by Crippen LogP contribution is -2.48. The van der Waals surface area contributed by atoms with Crippen LogP contribution in [0.4, 0.5) is 21.0 Å². The van der Waals surface area contributed by atoms with Crippen molar-refractivity contribution < 1.29 is 19.1 Å². The van der Waals surface area contributed by atoms with E-state index in [-0.39, 0.29) is 6.03 Å². The van der Waals surface area contributed by atoms with Crippen molar-refractivity contribution in [1.82, 2.24) is 10.2 Å². The van der Waals surface area contributed by atoms with Crippen LogP contribution < -0.4 is 16.0 Å². The third kappa shape index (κ3) is 5.57. The lowest BCUT2D eigenvalue weighted by Gasteiger charge is -2.35. The summed E-state index contributed by atoms with van der Waals surface area (Å²) in [4.78, 5) is 39.4. The lowest BCUT2D eigenvalue weighted by molar-refractivity contribution is -0.136. The van der Waals surface area contributed by atoms with Gasteiger partial charge in [0.15, 0.2) is 0 Å². The Morgan fingerprint density at radius 1 is 1.09 bits per heavy atom. The summed E-state index contributed by atoms with van der Waals surface area (Å²) in [7, 11) is 1.32. The third-order valence-electron chi connectivity index (χ3n) is 5.76. The minimum atomic E-state index is -0.693. The summed E-state index contributed by atoms with van der Waals surface area (Å²) < 4.78 is 5.00. The van der Waals surface area contributed by atoms with Gasteiger partial charge >= 0.3 is 18.0 Å². The molecule has 8 nitrogen and oxygen atoms in total. The molecule has 3 N–H and O–H groups in total. The number of amides is 4. The Hall–Kier alpha value is -3.81. The number of anilines is 2. The number of rotatable bonds is 7. The monoisotopic (exact) mass is 464 g/mol. The Balaban J connectivity index is 1.81. The average Bonchev–Trinajstić information content (AvgIpc) is 2.81. The maximum atomic E-state index is 12.7. The Labute approximate surface area is 200 Å². The van der Waals surface area contributed by atoms with Crippen molar-refractivity contribution in [3.63, 3.8) is 0 Å². The molecule has 4 amide bonds. The van der Waals surface area contributed by atoms with Crippen molar-refractivity contribution in [2.45, 2.75) is 46.1 Å². The zero-order chi connectivity index (χ0) is 24.8. The van der Waals surface area contributed by atoms with Gasteiger partial charge in [-0.15, -0.1) is 0 Å². The number of carbonyl (C=O) groups is 3. The van der Waals surface area contributed by atoms with Gasteiger partial charge in [0.2, 0.25) is 0 Å². The summed E-state index contributed by atoms with van der Waals surface area (Å²) in [6, 6.07) is 13.4. The van der Waals surface area contributed by atoms with Gasteiger partial charge in [0.1, 0.15) is 0 Å². The molecule has 0 aromatic heterocycles. The SMILES string of the molecule is CCCN1C(=O)NC(c2cccc(NC(=O)Nc3ccc(C(C)C)cc3)c2)C(C(=O)OC)=C1C. The number of methoxy groups -OCH3 is 1. The van der Waals surface area contributed by atoms with Crippen LogP contribution in [-0.2, 0) is 9.53 Å². The quantitative estimate of drug-likeness (QED) is 0.479. The first-order valence-electron chi connectivity index (χ1n) is 11.4. The second-order valence-corrected chi connectivity index (χ2v) is 8.51. The molecule has 3 rings (SSSR count). The Kier molecular flexibility index (Phi) is 7.94. The Bertz CT molecular complexity index is 1090. The number of esters is 1. The van der Waals surface area contributed by atoms with E-state index in [0.29, 0.717) is 40.7 Å². The van der Waals surface area contributed by atoms with Gasteiger partial charge in [0.05, 0.1) is 18.7 Å². The van der Waals surface area contributed by atoms with Crippen molar-refractivity contribution in [3.05, 3.63) is 70.9 Å². The van der Waals surface area contributed by atoms with E-state index in [1.165, 1.54) is 12.7 Å². The minimum Gasteiger partial charge on any atom is -0.466 e. The second kappa shape index (κ2) is 10.9. The van der Waals surface area contributed by atoms with Crippen LogP contribution in [0.2, 0.25) is 0 Å². The molecule has 1 heterocycles. The molecule has 34 heavy (non-hydrogen) atoms. The van der Waals surface area contributed by atoms with Gasteiger partial charge < -0.3 is 20.7 Å². The molecule has 0 saturated heterocycles. The first-order valence-corrected chi connectivity index (χ1v) is 11.4. The summed E-state index contributed by atoms with van der Waals surface area (Å²) in [5.41, 5.74) is 3.98. The molecule has 2 aromatic carbocycles. The van der Waals surface area contributed by atoms with Crippen LogP contribution in [0, 0.1) is 0 Å². The summed E-state index contributed by atoms with van der Waals surface area (Å²) in [5, 5.41) is 8.53. The first-order chi connectivity index (χ1) is 16.2. The Morgan fingerprint density at radius 3 is 2.38 bits per heavy atom. The van der Waals surface area contributed by atoms with Crippen LogP contribution in [0.3, 0.4) is 0 Å². The van der Waals surface area contributed by atoms with Gasteiger partial charge in [-0.3, -0.25) is 4.90 Å². The van der Waals surface area contributed by atoms with Crippen molar-refractivity contribution in [2.75, 3.05) is 24.3 Å². The molecule has 0 bridgehead atoms. The van der Waals surface area contributed by atoms with Crippen molar-refractivity contribution in [3.8, 4) is 0 Å². The largest absolute Gasteiger partial charge is 0.466 e. The standard InChI is InChI=1S/C26H32N4O4/c1-6-14-30-17(4)22(24(31)34-5)23(29-26(30)33)19-8-7-9-21(15-19)28-25(32)27-20-12-10-18(11-13-20)16(2)3/h7-13,15-16,23H,6,14H2,1-5H3,(H,29,33)(H2,27,28,32). The van der Waals surface area contributed by atoms with Gasteiger partial charge in [0, 0.05) is 23.6 Å². The highest BCUT2D eigenvalue weighted by atomic mass is 16.5. The normalized spacial score (nSPS) is 15.8. The molecule has 0 fully saturated rings. The van der Waals surface area contributed by atoms with E-state index in [1.54, 1.807) is 36.1 Å². The number of nitrogens with zero attached hydrogens (tertiary/aromatic N) is 1. The van der Waals surface area contributed by atoms with Crippen molar-refractivity contribution >= 4 is 29.4 Å². The molecular weight excluding hydrogens is 432 g/mol. The van der Waals surface area contributed by atoms with Crippen LogP contribution in [0.25, 0.3) is 0 Å². The molecule has 1 aliphatic rings. The Morgan fingerprint density at radius 2 is 1.76 bits per heavy atom. The van der Waals surface area contributed by atoms with Crippen molar-refractivity contribution in [2.24, 2.45) is 0 Å². The number of benzene rings is 2. The molecule has 0 radical (unpaired) electrons. The van der Waals surface area contributed by atoms with E-state index in [2.05, 4.69) is 29.8 Å². The van der Waals surface area contributed by atoms with Gasteiger partial charge in [-0.1, -0.05) is 45.0 Å². The summed E-state index contributed by atoms with van der Waals surface area (Å²) in [6.45, 7) is 8.42. The number of hydrogen-bond acceptors (Lipinski definition) is 4. The highest BCUT2D eigenvalue weighted by molar-refractivity contribution is 6.00. The zero-order valence-corrected chi connectivity index (χ0v) is 20.3. The summed E-state index contributed by atoms with van der Waals surface area (Å²) >= 11 is 0. The van der Waals surface area contributed by atoms with Crippen LogP contribution in [0.1, 0.15) is 57.2 Å². The maximum absolute atomic E-state index is 12.7. The molecule has 0 spiro atoms. The van der Waals surface area contributed by atoms with E-state index < -0.39 is 18.0 Å². The lowest BCUT2D eigenvalue weighted by atomic mass is 9.94. The summed E-state index contributed by atoms with van der Waals surface area (Å²) in [6.07, 6.45) is 0.749. The van der Waals surface area contributed by atoms with E-state index in [0.717, 1.165) is 6.42 Å². The number of urea groups is 2. The van der Waals surface area contributed by atoms with E-state index in [4.69, 9.17) is 4.74 Å². The van der Waals surface area contributed by atoms with Gasteiger partial charge in [-0.05, 0) is 54.7 Å². The van der Waals surface area contributed by atoms with Crippen LogP contribution >= 0.6 is 0 Å². The van der Waals surface area contributed by atoms with Crippen LogP contribution in [-0.4, -0.2) is 36.6 Å². The fourth-order valence-electron chi connectivity index (χ4n) is 3.94. The highest BCUT2D eigenvalue weighted by Gasteiger charge is 2.36. The molecule has 0 saturated carbocycles.